The molecular formula is C16H26N2O2S. The van der Waals surface area contributed by atoms with Crippen molar-refractivity contribution in [3.8, 4) is 0 Å². The molecule has 0 spiro atoms. The van der Waals surface area contributed by atoms with Gasteiger partial charge in [0.2, 0.25) is 0 Å². The average molecular weight is 310 g/mol. The molecule has 1 amide bonds. The lowest BCUT2D eigenvalue weighted by atomic mass is 9.91. The molecule has 1 aliphatic rings. The minimum absolute atomic E-state index is 0.249. The second-order valence-corrected chi connectivity index (χ2v) is 7.49. The lowest BCUT2D eigenvalue weighted by molar-refractivity contribution is 0.0490. The average Bonchev–Trinajstić information content (AvgIpc) is 2.89. The van der Waals surface area contributed by atoms with Gasteiger partial charge >= 0.3 is 6.09 Å². The van der Waals surface area contributed by atoms with Crippen LogP contribution in [0.25, 0.3) is 0 Å². The maximum Gasteiger partial charge on any atom is 0.407 e. The molecule has 2 rings (SSSR count). The molecule has 4 nitrogen and oxygen atoms in total. The highest BCUT2D eigenvalue weighted by atomic mass is 32.1. The summed E-state index contributed by atoms with van der Waals surface area (Å²) in [6, 6.07) is 2.97. The van der Waals surface area contributed by atoms with E-state index in [9.17, 15) is 4.79 Å². The molecule has 0 bridgehead atoms. The molecule has 0 aliphatic heterocycles. The van der Waals surface area contributed by atoms with Gasteiger partial charge in [-0.3, -0.25) is 0 Å². The van der Waals surface area contributed by atoms with Gasteiger partial charge in [0, 0.05) is 18.6 Å². The summed E-state index contributed by atoms with van der Waals surface area (Å²) in [5.41, 5.74) is 0.928. The Hall–Kier alpha value is -1.07. The van der Waals surface area contributed by atoms with Gasteiger partial charge in [0.05, 0.1) is 0 Å². The lowest BCUT2D eigenvalue weighted by Crippen LogP contribution is -2.43. The SMILES string of the molecule is CC(C)(C)OC(=O)NC1CCC(NCc2ccsc2)CC1. The maximum absolute atomic E-state index is 11.7. The fourth-order valence-corrected chi connectivity index (χ4v) is 3.24. The van der Waals surface area contributed by atoms with Gasteiger partial charge in [-0.1, -0.05) is 0 Å². The summed E-state index contributed by atoms with van der Waals surface area (Å²) in [6.45, 7) is 6.60. The number of carbonyl (C=O) groups excluding carboxylic acids is 1. The van der Waals surface area contributed by atoms with E-state index in [4.69, 9.17) is 4.74 Å². The lowest BCUT2D eigenvalue weighted by Gasteiger charge is -2.30. The first-order valence-corrected chi connectivity index (χ1v) is 8.60. The molecule has 1 fully saturated rings. The quantitative estimate of drug-likeness (QED) is 0.892. The predicted molar refractivity (Wildman–Crippen MR) is 86.6 cm³/mol. The molecule has 1 aromatic rings. The Bertz CT molecular complexity index is 432. The Morgan fingerprint density at radius 2 is 1.95 bits per heavy atom. The van der Waals surface area contributed by atoms with Crippen molar-refractivity contribution in [3.05, 3.63) is 22.4 Å². The number of rotatable bonds is 4. The topological polar surface area (TPSA) is 50.4 Å². The molecular weight excluding hydrogens is 284 g/mol. The number of carbonyl (C=O) groups is 1. The largest absolute Gasteiger partial charge is 0.444 e. The van der Waals surface area contributed by atoms with Gasteiger partial charge in [0.1, 0.15) is 5.60 Å². The van der Waals surface area contributed by atoms with E-state index in [0.29, 0.717) is 6.04 Å². The Morgan fingerprint density at radius 3 is 2.52 bits per heavy atom. The molecule has 1 aliphatic carbocycles. The van der Waals surface area contributed by atoms with E-state index in [1.54, 1.807) is 11.3 Å². The monoisotopic (exact) mass is 310 g/mol. The van der Waals surface area contributed by atoms with Gasteiger partial charge in [-0.25, -0.2) is 4.79 Å². The molecule has 0 unspecified atom stereocenters. The number of hydrogen-bond donors (Lipinski definition) is 2. The van der Waals surface area contributed by atoms with Crippen molar-refractivity contribution >= 4 is 17.4 Å². The van der Waals surface area contributed by atoms with E-state index in [1.165, 1.54) is 5.56 Å². The van der Waals surface area contributed by atoms with Crippen molar-refractivity contribution in [1.82, 2.24) is 10.6 Å². The molecule has 1 heterocycles. The summed E-state index contributed by atoms with van der Waals surface area (Å²) in [4.78, 5) is 11.7. The van der Waals surface area contributed by atoms with Crippen LogP contribution in [-0.2, 0) is 11.3 Å². The van der Waals surface area contributed by atoms with Crippen molar-refractivity contribution < 1.29 is 9.53 Å². The Balaban J connectivity index is 1.65. The van der Waals surface area contributed by atoms with Crippen LogP contribution in [0, 0.1) is 0 Å². The summed E-state index contributed by atoms with van der Waals surface area (Å²) in [5.74, 6) is 0. The van der Waals surface area contributed by atoms with Crippen LogP contribution in [0.4, 0.5) is 4.79 Å². The highest BCUT2D eigenvalue weighted by Gasteiger charge is 2.24. The van der Waals surface area contributed by atoms with Crippen LogP contribution < -0.4 is 10.6 Å². The summed E-state index contributed by atoms with van der Waals surface area (Å²) in [6.07, 6.45) is 3.94. The van der Waals surface area contributed by atoms with Crippen LogP contribution >= 0.6 is 11.3 Å². The van der Waals surface area contributed by atoms with Crippen LogP contribution in [0.3, 0.4) is 0 Å². The number of alkyl carbamates (subject to hydrolysis) is 1. The molecule has 0 radical (unpaired) electrons. The second-order valence-electron chi connectivity index (χ2n) is 6.71. The van der Waals surface area contributed by atoms with Crippen LogP contribution in [0.5, 0.6) is 0 Å². The third-order valence-corrected chi connectivity index (χ3v) is 4.36. The second kappa shape index (κ2) is 7.27. The zero-order valence-electron chi connectivity index (χ0n) is 13.1. The summed E-state index contributed by atoms with van der Waals surface area (Å²) in [5, 5.41) is 10.9. The van der Waals surface area contributed by atoms with Gasteiger partial charge < -0.3 is 15.4 Å². The first-order valence-electron chi connectivity index (χ1n) is 7.66. The van der Waals surface area contributed by atoms with Crippen molar-refractivity contribution in [2.45, 2.75) is 70.7 Å². The van der Waals surface area contributed by atoms with E-state index < -0.39 is 5.60 Å². The van der Waals surface area contributed by atoms with Crippen molar-refractivity contribution in [3.63, 3.8) is 0 Å². The fourth-order valence-electron chi connectivity index (χ4n) is 2.57. The third-order valence-electron chi connectivity index (χ3n) is 3.62. The first kappa shape index (κ1) is 16.3. The zero-order valence-corrected chi connectivity index (χ0v) is 14.0. The van der Waals surface area contributed by atoms with Crippen LogP contribution in [0.15, 0.2) is 16.8 Å². The number of amides is 1. The Morgan fingerprint density at radius 1 is 1.29 bits per heavy atom. The summed E-state index contributed by atoms with van der Waals surface area (Å²) < 4.78 is 5.30. The van der Waals surface area contributed by atoms with Gasteiger partial charge in [0.25, 0.3) is 0 Å². The number of ether oxygens (including phenoxy) is 1. The van der Waals surface area contributed by atoms with Gasteiger partial charge in [0.15, 0.2) is 0 Å². The number of thiophene rings is 1. The molecule has 0 saturated heterocycles. The number of nitrogens with one attached hydrogen (secondary N) is 2. The van der Waals surface area contributed by atoms with Crippen LogP contribution in [-0.4, -0.2) is 23.8 Å². The third kappa shape index (κ3) is 6.06. The van der Waals surface area contributed by atoms with Gasteiger partial charge in [-0.2, -0.15) is 11.3 Å². The molecule has 118 valence electrons. The summed E-state index contributed by atoms with van der Waals surface area (Å²) in [7, 11) is 0. The molecule has 5 heteroatoms. The number of hydrogen-bond acceptors (Lipinski definition) is 4. The van der Waals surface area contributed by atoms with E-state index in [0.717, 1.165) is 32.2 Å². The summed E-state index contributed by atoms with van der Waals surface area (Å²) >= 11 is 1.74. The Kier molecular flexibility index (Phi) is 5.65. The van der Waals surface area contributed by atoms with Crippen molar-refractivity contribution in [1.29, 1.82) is 0 Å². The maximum atomic E-state index is 11.7. The predicted octanol–water partition coefficient (Wildman–Crippen LogP) is 3.67. The van der Waals surface area contributed by atoms with E-state index in [1.807, 2.05) is 20.8 Å². The first-order chi connectivity index (χ1) is 9.92. The van der Waals surface area contributed by atoms with Gasteiger partial charge in [-0.15, -0.1) is 0 Å². The Labute approximate surface area is 131 Å². The molecule has 21 heavy (non-hydrogen) atoms. The molecule has 1 saturated carbocycles. The van der Waals surface area contributed by atoms with Crippen molar-refractivity contribution in [2.24, 2.45) is 0 Å². The molecule has 0 aromatic carbocycles. The minimum Gasteiger partial charge on any atom is -0.444 e. The van der Waals surface area contributed by atoms with Crippen LogP contribution in [0.1, 0.15) is 52.0 Å². The van der Waals surface area contributed by atoms with Crippen LogP contribution in [0.2, 0.25) is 0 Å². The van der Waals surface area contributed by atoms with Gasteiger partial charge in [-0.05, 0) is 68.8 Å². The minimum atomic E-state index is -0.427. The highest BCUT2D eigenvalue weighted by molar-refractivity contribution is 7.07. The normalized spacial score (nSPS) is 22.8. The molecule has 2 N–H and O–H groups in total. The molecule has 0 atom stereocenters. The van der Waals surface area contributed by atoms with E-state index in [-0.39, 0.29) is 12.1 Å². The van der Waals surface area contributed by atoms with E-state index >= 15 is 0 Å². The molecule has 1 aromatic heterocycles. The smallest absolute Gasteiger partial charge is 0.407 e. The standard InChI is InChI=1S/C16H26N2O2S/c1-16(2,3)20-15(19)18-14-6-4-13(5-7-14)17-10-12-8-9-21-11-12/h8-9,11,13-14,17H,4-7,10H2,1-3H3,(H,18,19). The van der Waals surface area contributed by atoms with E-state index in [2.05, 4.69) is 27.5 Å². The zero-order chi connectivity index (χ0) is 15.3. The highest BCUT2D eigenvalue weighted by Crippen LogP contribution is 2.20. The van der Waals surface area contributed by atoms with Crippen molar-refractivity contribution in [2.75, 3.05) is 0 Å². The fraction of sp³-hybridized carbons (Fsp3) is 0.688.